The Morgan fingerprint density at radius 1 is 1.00 bits per heavy atom. The third-order valence-electron chi connectivity index (χ3n) is 0.553. The van der Waals surface area contributed by atoms with Gasteiger partial charge in [-0.1, -0.05) is 0 Å². The SMILES string of the molecule is NN.O=C(O)CCC(=O)O. The van der Waals surface area contributed by atoms with Crippen molar-refractivity contribution in [3.8, 4) is 0 Å². The Labute approximate surface area is 57.4 Å². The molecule has 6 nitrogen and oxygen atoms in total. The normalized spacial score (nSPS) is 7.40. The van der Waals surface area contributed by atoms with Crippen LogP contribution < -0.4 is 11.7 Å². The first kappa shape index (κ1) is 11.6. The molecule has 0 rings (SSSR count). The molecule has 60 valence electrons. The van der Waals surface area contributed by atoms with E-state index in [-0.39, 0.29) is 12.8 Å². The number of aliphatic carboxylic acids is 2. The highest BCUT2D eigenvalue weighted by Crippen LogP contribution is 1.85. The van der Waals surface area contributed by atoms with E-state index in [0.29, 0.717) is 0 Å². The Hall–Kier alpha value is -1.14. The molecule has 0 bridgehead atoms. The predicted molar refractivity (Wildman–Crippen MR) is 32.9 cm³/mol. The van der Waals surface area contributed by atoms with Crippen molar-refractivity contribution in [1.29, 1.82) is 0 Å². The number of carboxylic acids is 2. The molecule has 0 atom stereocenters. The highest BCUT2D eigenvalue weighted by molar-refractivity contribution is 5.75. The first-order chi connectivity index (χ1) is 4.63. The summed E-state index contributed by atoms with van der Waals surface area (Å²) in [5.41, 5.74) is 0. The summed E-state index contributed by atoms with van der Waals surface area (Å²) in [5.74, 6) is 5.85. The van der Waals surface area contributed by atoms with Gasteiger partial charge in [0.1, 0.15) is 0 Å². The van der Waals surface area contributed by atoms with Crippen LogP contribution in [0.5, 0.6) is 0 Å². The van der Waals surface area contributed by atoms with E-state index in [9.17, 15) is 9.59 Å². The van der Waals surface area contributed by atoms with Crippen molar-refractivity contribution in [2.24, 2.45) is 11.7 Å². The molecule has 0 aromatic carbocycles. The molecule has 0 saturated carbocycles. The van der Waals surface area contributed by atoms with Crippen LogP contribution in [-0.4, -0.2) is 22.2 Å². The summed E-state index contributed by atoms with van der Waals surface area (Å²) < 4.78 is 0. The molecule has 6 heteroatoms. The van der Waals surface area contributed by atoms with Gasteiger partial charge in [0.2, 0.25) is 0 Å². The third kappa shape index (κ3) is 15.8. The topological polar surface area (TPSA) is 127 Å². The molecule has 6 N–H and O–H groups in total. The summed E-state index contributed by atoms with van der Waals surface area (Å²) in [6.45, 7) is 0. The third-order valence-corrected chi connectivity index (χ3v) is 0.553. The van der Waals surface area contributed by atoms with Gasteiger partial charge in [-0.3, -0.25) is 21.3 Å². The minimum atomic E-state index is -1.08. The zero-order chi connectivity index (χ0) is 8.57. The van der Waals surface area contributed by atoms with E-state index in [1.54, 1.807) is 0 Å². The number of nitrogens with two attached hydrogens (primary N) is 2. The Balaban J connectivity index is 0. The second-order valence-electron chi connectivity index (χ2n) is 1.29. The van der Waals surface area contributed by atoms with Crippen molar-refractivity contribution in [3.05, 3.63) is 0 Å². The molecular weight excluding hydrogens is 140 g/mol. The lowest BCUT2D eigenvalue weighted by Gasteiger charge is -1.85. The molecule has 0 radical (unpaired) electrons. The predicted octanol–water partition coefficient (Wildman–Crippen LogP) is -1.25. The van der Waals surface area contributed by atoms with Crippen LogP contribution in [0.4, 0.5) is 0 Å². The summed E-state index contributed by atoms with van der Waals surface area (Å²) in [5, 5.41) is 15.8. The molecule has 0 aliphatic carbocycles. The maximum atomic E-state index is 9.64. The van der Waals surface area contributed by atoms with Crippen LogP contribution in [0.25, 0.3) is 0 Å². The second kappa shape index (κ2) is 7.86. The Bertz CT molecular complexity index is 99.8. The quantitative estimate of drug-likeness (QED) is 0.294. The smallest absolute Gasteiger partial charge is 0.303 e. The lowest BCUT2D eigenvalue weighted by Crippen LogP contribution is -2.02. The summed E-state index contributed by atoms with van der Waals surface area (Å²) in [6.07, 6.45) is -0.593. The van der Waals surface area contributed by atoms with Gasteiger partial charge in [0.05, 0.1) is 12.8 Å². The Morgan fingerprint density at radius 2 is 1.20 bits per heavy atom. The molecule has 0 spiro atoms. The molecule has 0 aromatic heterocycles. The summed E-state index contributed by atoms with van der Waals surface area (Å²) in [6, 6.07) is 0. The summed E-state index contributed by atoms with van der Waals surface area (Å²) >= 11 is 0. The van der Waals surface area contributed by atoms with Crippen LogP contribution in [0, 0.1) is 0 Å². The first-order valence-corrected chi connectivity index (χ1v) is 2.40. The van der Waals surface area contributed by atoms with Crippen LogP contribution >= 0.6 is 0 Å². The number of carboxylic acid groups (broad SMARTS) is 2. The van der Waals surface area contributed by atoms with Crippen molar-refractivity contribution in [2.75, 3.05) is 0 Å². The molecule has 0 unspecified atom stereocenters. The molecule has 0 aliphatic heterocycles. The standard InChI is InChI=1S/C4H6O4.H4N2/c5-3(6)1-2-4(7)8;1-2/h1-2H2,(H,5,6)(H,7,8);1-2H2. The highest BCUT2D eigenvalue weighted by Gasteiger charge is 2.00. The lowest BCUT2D eigenvalue weighted by molar-refractivity contribution is -0.143. The van der Waals surface area contributed by atoms with Crippen molar-refractivity contribution in [1.82, 2.24) is 0 Å². The average molecular weight is 150 g/mol. The van der Waals surface area contributed by atoms with Crippen molar-refractivity contribution < 1.29 is 19.8 Å². The van der Waals surface area contributed by atoms with Crippen LogP contribution in [0.15, 0.2) is 0 Å². The fourth-order valence-electron chi connectivity index (χ4n) is 0.214. The van der Waals surface area contributed by atoms with Crippen LogP contribution in [-0.2, 0) is 9.59 Å². The average Bonchev–Trinajstić information content (AvgIpc) is 1.89. The molecule has 0 aromatic rings. The minimum Gasteiger partial charge on any atom is -0.481 e. The fourth-order valence-corrected chi connectivity index (χ4v) is 0.214. The van der Waals surface area contributed by atoms with E-state index in [4.69, 9.17) is 10.2 Å². The monoisotopic (exact) mass is 150 g/mol. The number of rotatable bonds is 3. The van der Waals surface area contributed by atoms with Crippen molar-refractivity contribution in [3.63, 3.8) is 0 Å². The van der Waals surface area contributed by atoms with Gasteiger partial charge in [0, 0.05) is 0 Å². The maximum Gasteiger partial charge on any atom is 0.303 e. The van der Waals surface area contributed by atoms with Gasteiger partial charge in [-0.2, -0.15) is 0 Å². The minimum absolute atomic E-state index is 0.296. The Morgan fingerprint density at radius 3 is 1.30 bits per heavy atom. The zero-order valence-electron chi connectivity index (χ0n) is 5.28. The molecular formula is C4H10N2O4. The van der Waals surface area contributed by atoms with Gasteiger partial charge >= 0.3 is 11.9 Å². The molecule has 0 heterocycles. The van der Waals surface area contributed by atoms with Gasteiger partial charge in [0.25, 0.3) is 0 Å². The number of hydrogen-bond donors (Lipinski definition) is 4. The first-order valence-electron chi connectivity index (χ1n) is 2.40. The van der Waals surface area contributed by atoms with E-state index in [1.165, 1.54) is 0 Å². The molecule has 0 amide bonds. The zero-order valence-corrected chi connectivity index (χ0v) is 5.28. The fraction of sp³-hybridized carbons (Fsp3) is 0.500. The van der Waals surface area contributed by atoms with Crippen molar-refractivity contribution in [2.45, 2.75) is 12.8 Å². The summed E-state index contributed by atoms with van der Waals surface area (Å²) in [4.78, 5) is 19.3. The van der Waals surface area contributed by atoms with E-state index >= 15 is 0 Å². The van der Waals surface area contributed by atoms with Crippen molar-refractivity contribution >= 4 is 11.9 Å². The van der Waals surface area contributed by atoms with Gasteiger partial charge < -0.3 is 10.2 Å². The Kier molecular flexibility index (Phi) is 9.14. The molecule has 0 saturated heterocycles. The molecule has 0 fully saturated rings. The van der Waals surface area contributed by atoms with E-state index in [2.05, 4.69) is 11.7 Å². The van der Waals surface area contributed by atoms with E-state index in [1.807, 2.05) is 0 Å². The molecule has 10 heavy (non-hydrogen) atoms. The number of hydrogen-bond acceptors (Lipinski definition) is 4. The largest absolute Gasteiger partial charge is 0.481 e. The van der Waals surface area contributed by atoms with Crippen LogP contribution in [0.1, 0.15) is 12.8 Å². The van der Waals surface area contributed by atoms with Crippen LogP contribution in [0.2, 0.25) is 0 Å². The van der Waals surface area contributed by atoms with E-state index < -0.39 is 11.9 Å². The van der Waals surface area contributed by atoms with Gasteiger partial charge in [-0.15, -0.1) is 0 Å². The highest BCUT2D eigenvalue weighted by atomic mass is 16.4. The maximum absolute atomic E-state index is 9.64. The second-order valence-corrected chi connectivity index (χ2v) is 1.29. The lowest BCUT2D eigenvalue weighted by atomic mass is 10.3. The van der Waals surface area contributed by atoms with Gasteiger partial charge in [-0.25, -0.2) is 0 Å². The van der Waals surface area contributed by atoms with Gasteiger partial charge in [0.15, 0.2) is 0 Å². The van der Waals surface area contributed by atoms with Crippen LogP contribution in [0.3, 0.4) is 0 Å². The van der Waals surface area contributed by atoms with Gasteiger partial charge in [-0.05, 0) is 0 Å². The van der Waals surface area contributed by atoms with E-state index in [0.717, 1.165) is 0 Å². The number of hydrazine groups is 1. The molecule has 0 aliphatic rings. The summed E-state index contributed by atoms with van der Waals surface area (Å²) in [7, 11) is 0. The number of carbonyl (C=O) groups is 2.